The summed E-state index contributed by atoms with van der Waals surface area (Å²) in [7, 11) is 0. The molecule has 0 amide bonds. The number of hydrogen-bond acceptors (Lipinski definition) is 1. The van der Waals surface area contributed by atoms with Crippen molar-refractivity contribution in [2.24, 2.45) is 11.8 Å². The maximum atomic E-state index is 12.0. The Morgan fingerprint density at radius 3 is 2.17 bits per heavy atom. The van der Waals surface area contributed by atoms with Crippen molar-refractivity contribution in [2.45, 2.75) is 6.18 Å². The van der Waals surface area contributed by atoms with E-state index in [0.717, 1.165) is 0 Å². The average molecular weight is 208 g/mol. The Labute approximate surface area is 73.9 Å². The van der Waals surface area contributed by atoms with Gasteiger partial charge in [-0.3, -0.25) is 4.39 Å². The minimum absolute atomic E-state index is 0. The van der Waals surface area contributed by atoms with Gasteiger partial charge in [-0.05, 0) is 0 Å². The summed E-state index contributed by atoms with van der Waals surface area (Å²) in [5, 5.41) is 2.52. The zero-order valence-electron chi connectivity index (χ0n) is 6.20. The first-order chi connectivity index (χ1) is 5.05. The van der Waals surface area contributed by atoms with Crippen LogP contribution in [0, 0.1) is 11.8 Å². The summed E-state index contributed by atoms with van der Waals surface area (Å²) in [6.07, 6.45) is -4.25. The van der Waals surface area contributed by atoms with Crippen LogP contribution in [0.25, 0.3) is 0 Å². The topological polar surface area (TPSA) is 12.0 Å². The number of alkyl halides is 4. The van der Waals surface area contributed by atoms with E-state index in [9.17, 15) is 17.6 Å². The smallest absolute Gasteiger partial charge is 0.316 e. The second kappa shape index (κ2) is 4.28. The van der Waals surface area contributed by atoms with Crippen LogP contribution in [-0.4, -0.2) is 25.9 Å². The Morgan fingerprint density at radius 1 is 1.25 bits per heavy atom. The van der Waals surface area contributed by atoms with Crippen molar-refractivity contribution < 1.29 is 17.6 Å². The first kappa shape index (κ1) is 12.0. The lowest BCUT2D eigenvalue weighted by atomic mass is 9.97. The fourth-order valence-electron chi connectivity index (χ4n) is 1.28. The molecule has 1 N–H and O–H groups in total. The number of rotatable bonds is 1. The summed E-state index contributed by atoms with van der Waals surface area (Å²) in [6.45, 7) is -0.893. The van der Waals surface area contributed by atoms with Gasteiger partial charge in [0.15, 0.2) is 0 Å². The molecule has 1 rings (SSSR count). The molecule has 0 aromatic rings. The quantitative estimate of drug-likeness (QED) is 0.647. The third kappa shape index (κ3) is 2.48. The molecule has 0 aromatic carbocycles. The number of halogens is 5. The number of nitrogens with one attached hydrogen (secondary N) is 1. The molecule has 12 heavy (non-hydrogen) atoms. The molecule has 0 radical (unpaired) electrons. The maximum Gasteiger partial charge on any atom is 0.393 e. The first-order valence-corrected chi connectivity index (χ1v) is 3.39. The van der Waals surface area contributed by atoms with E-state index >= 15 is 0 Å². The van der Waals surface area contributed by atoms with Crippen LogP contribution in [0.2, 0.25) is 0 Å². The summed E-state index contributed by atoms with van der Waals surface area (Å²) < 4.78 is 47.9. The van der Waals surface area contributed by atoms with Gasteiger partial charge >= 0.3 is 6.18 Å². The van der Waals surface area contributed by atoms with Gasteiger partial charge in [0.1, 0.15) is 0 Å². The van der Waals surface area contributed by atoms with E-state index in [1.165, 1.54) is 0 Å². The summed E-state index contributed by atoms with van der Waals surface area (Å²) in [6, 6.07) is 0. The fourth-order valence-corrected chi connectivity index (χ4v) is 1.28. The lowest BCUT2D eigenvalue weighted by molar-refractivity contribution is -0.180. The van der Waals surface area contributed by atoms with Gasteiger partial charge in [0.25, 0.3) is 0 Å². The van der Waals surface area contributed by atoms with Gasteiger partial charge in [-0.25, -0.2) is 0 Å². The molecule has 0 spiro atoms. The van der Waals surface area contributed by atoms with E-state index in [0.29, 0.717) is 0 Å². The van der Waals surface area contributed by atoms with Crippen LogP contribution in [0.5, 0.6) is 0 Å². The van der Waals surface area contributed by atoms with E-state index in [1.54, 1.807) is 0 Å². The van der Waals surface area contributed by atoms with E-state index in [-0.39, 0.29) is 25.5 Å². The van der Waals surface area contributed by atoms with E-state index in [1.807, 2.05) is 0 Å². The largest absolute Gasteiger partial charge is 0.393 e. The highest BCUT2D eigenvalue weighted by Crippen LogP contribution is 2.34. The van der Waals surface area contributed by atoms with Gasteiger partial charge < -0.3 is 5.32 Å². The second-order valence-electron chi connectivity index (χ2n) is 2.72. The van der Waals surface area contributed by atoms with Crippen molar-refractivity contribution in [3.05, 3.63) is 0 Å². The van der Waals surface area contributed by atoms with Crippen LogP contribution in [0.4, 0.5) is 17.6 Å². The molecule has 2 atom stereocenters. The van der Waals surface area contributed by atoms with E-state index < -0.39 is 24.7 Å². The molecule has 0 aliphatic carbocycles. The van der Waals surface area contributed by atoms with Crippen LogP contribution in [0.15, 0.2) is 0 Å². The first-order valence-electron chi connectivity index (χ1n) is 3.39. The zero-order valence-corrected chi connectivity index (χ0v) is 7.01. The van der Waals surface area contributed by atoms with Crippen molar-refractivity contribution in [1.29, 1.82) is 0 Å². The van der Waals surface area contributed by atoms with Crippen LogP contribution in [-0.2, 0) is 0 Å². The molecule has 1 aliphatic heterocycles. The van der Waals surface area contributed by atoms with E-state index in [4.69, 9.17) is 0 Å². The predicted molar refractivity (Wildman–Crippen MR) is 39.1 cm³/mol. The van der Waals surface area contributed by atoms with Gasteiger partial charge in [0.2, 0.25) is 0 Å². The molecule has 1 aliphatic rings. The van der Waals surface area contributed by atoms with Gasteiger partial charge in [0, 0.05) is 19.0 Å². The predicted octanol–water partition coefficient (Wildman–Crippen LogP) is 1.78. The van der Waals surface area contributed by atoms with Gasteiger partial charge in [-0.15, -0.1) is 12.4 Å². The van der Waals surface area contributed by atoms with Crippen LogP contribution < -0.4 is 5.32 Å². The molecule has 0 aromatic heterocycles. The molecular weight excluding hydrogens is 198 g/mol. The van der Waals surface area contributed by atoms with Crippen LogP contribution in [0.3, 0.4) is 0 Å². The van der Waals surface area contributed by atoms with Crippen LogP contribution >= 0.6 is 12.4 Å². The molecule has 1 fully saturated rings. The Morgan fingerprint density at radius 2 is 1.83 bits per heavy atom. The molecule has 74 valence electrons. The van der Waals surface area contributed by atoms with Gasteiger partial charge in [-0.2, -0.15) is 13.2 Å². The summed E-state index contributed by atoms with van der Waals surface area (Å²) in [5.74, 6) is -2.37. The van der Waals surface area contributed by atoms with Gasteiger partial charge in [-0.1, -0.05) is 0 Å². The molecule has 0 saturated carbocycles. The molecular formula is C6H10ClF4N. The van der Waals surface area contributed by atoms with E-state index in [2.05, 4.69) is 5.32 Å². The standard InChI is InChI=1S/C6H9F4N.ClH/c7-1-4-2-11-3-5(4)6(8,9)10;/h4-5,11H,1-3H2;1H/t4-,5-;/m1./s1. The summed E-state index contributed by atoms with van der Waals surface area (Å²) in [5.41, 5.74) is 0. The normalized spacial score (nSPS) is 30.0. The Hall–Kier alpha value is -0.0300. The average Bonchev–Trinajstić information content (AvgIpc) is 2.31. The highest BCUT2D eigenvalue weighted by molar-refractivity contribution is 5.85. The Bertz CT molecular complexity index is 138. The highest BCUT2D eigenvalue weighted by Gasteiger charge is 2.46. The molecule has 1 heterocycles. The summed E-state index contributed by atoms with van der Waals surface area (Å²) in [4.78, 5) is 0. The van der Waals surface area contributed by atoms with Crippen LogP contribution in [0.1, 0.15) is 0 Å². The second-order valence-corrected chi connectivity index (χ2v) is 2.72. The SMILES string of the molecule is Cl.FC[C@@H]1CNC[C@H]1C(F)(F)F. The van der Waals surface area contributed by atoms with Gasteiger partial charge in [0.05, 0.1) is 12.6 Å². The third-order valence-corrected chi connectivity index (χ3v) is 1.96. The van der Waals surface area contributed by atoms with Crippen molar-refractivity contribution in [2.75, 3.05) is 19.8 Å². The molecule has 1 nitrogen and oxygen atoms in total. The Kier molecular flexibility index (Phi) is 4.26. The lowest BCUT2D eigenvalue weighted by Gasteiger charge is -2.18. The highest BCUT2D eigenvalue weighted by atomic mass is 35.5. The molecule has 0 unspecified atom stereocenters. The van der Waals surface area contributed by atoms with Crippen molar-refractivity contribution in [3.8, 4) is 0 Å². The third-order valence-electron chi connectivity index (χ3n) is 1.96. The Balaban J connectivity index is 0.00000121. The summed E-state index contributed by atoms with van der Waals surface area (Å²) >= 11 is 0. The van der Waals surface area contributed by atoms with Crippen molar-refractivity contribution in [3.63, 3.8) is 0 Å². The van der Waals surface area contributed by atoms with Crippen molar-refractivity contribution in [1.82, 2.24) is 5.32 Å². The fraction of sp³-hybridized carbons (Fsp3) is 1.00. The maximum absolute atomic E-state index is 12.0. The zero-order chi connectivity index (χ0) is 8.48. The molecule has 6 heteroatoms. The van der Waals surface area contributed by atoms with Crippen molar-refractivity contribution >= 4 is 12.4 Å². The molecule has 0 bridgehead atoms. The number of hydrogen-bond donors (Lipinski definition) is 1. The lowest BCUT2D eigenvalue weighted by Crippen LogP contribution is -2.30. The monoisotopic (exact) mass is 207 g/mol. The molecule has 1 saturated heterocycles. The minimum atomic E-state index is -4.25. The minimum Gasteiger partial charge on any atom is -0.316 e.